The molecule has 0 rings (SSSR count). The van der Waals surface area contributed by atoms with E-state index in [2.05, 4.69) is 20.8 Å². The molecule has 0 aromatic heterocycles. The third kappa shape index (κ3) is 8.88. The van der Waals surface area contributed by atoms with Crippen molar-refractivity contribution in [3.8, 4) is 0 Å². The minimum atomic E-state index is -0.109. The first-order valence-electron chi connectivity index (χ1n) is 6.31. The molecule has 0 fully saturated rings. The van der Waals surface area contributed by atoms with E-state index in [-0.39, 0.29) is 18.1 Å². The number of rotatable bonds is 9. The van der Waals surface area contributed by atoms with Crippen molar-refractivity contribution >= 4 is 0 Å². The average Bonchev–Trinajstić information content (AvgIpc) is 2.21. The van der Waals surface area contributed by atoms with E-state index in [9.17, 15) is 5.11 Å². The molecule has 0 bridgehead atoms. The van der Waals surface area contributed by atoms with E-state index in [1.807, 2.05) is 0 Å². The van der Waals surface area contributed by atoms with E-state index in [1.54, 1.807) is 0 Å². The molecule has 0 saturated heterocycles. The summed E-state index contributed by atoms with van der Waals surface area (Å²) in [5, 5.41) is 18.7. The Morgan fingerprint density at radius 2 is 1.67 bits per heavy atom. The van der Waals surface area contributed by atoms with Gasteiger partial charge in [-0.15, -0.1) is 0 Å². The standard InChI is InChI=1S/C13H28O2/c1-4-5-8-12(15)9-6-7-10-13(2,3)11-14/h12,14-15H,4-11H2,1-3H3. The van der Waals surface area contributed by atoms with Crippen molar-refractivity contribution in [1.29, 1.82) is 0 Å². The van der Waals surface area contributed by atoms with Gasteiger partial charge in [-0.3, -0.25) is 0 Å². The molecular formula is C13H28O2. The molecule has 0 aliphatic rings. The highest BCUT2D eigenvalue weighted by Crippen LogP contribution is 2.23. The average molecular weight is 216 g/mol. The Morgan fingerprint density at radius 1 is 1.07 bits per heavy atom. The zero-order valence-corrected chi connectivity index (χ0v) is 10.6. The van der Waals surface area contributed by atoms with Gasteiger partial charge in [0, 0.05) is 6.61 Å². The molecule has 2 nitrogen and oxygen atoms in total. The van der Waals surface area contributed by atoms with Gasteiger partial charge < -0.3 is 10.2 Å². The molecule has 0 heterocycles. The highest BCUT2D eigenvalue weighted by atomic mass is 16.3. The van der Waals surface area contributed by atoms with Crippen molar-refractivity contribution < 1.29 is 10.2 Å². The van der Waals surface area contributed by atoms with Crippen LogP contribution in [0.3, 0.4) is 0 Å². The Labute approximate surface area is 94.7 Å². The van der Waals surface area contributed by atoms with E-state index in [1.165, 1.54) is 0 Å². The Kier molecular flexibility index (Phi) is 8.07. The molecule has 0 aromatic carbocycles. The van der Waals surface area contributed by atoms with Crippen LogP contribution in [0.4, 0.5) is 0 Å². The predicted molar refractivity (Wildman–Crippen MR) is 64.9 cm³/mol. The number of aliphatic hydroxyl groups excluding tert-OH is 2. The van der Waals surface area contributed by atoms with Crippen LogP contribution in [-0.4, -0.2) is 22.9 Å². The molecule has 0 saturated carbocycles. The maximum atomic E-state index is 9.62. The highest BCUT2D eigenvalue weighted by molar-refractivity contribution is 4.67. The van der Waals surface area contributed by atoms with Crippen molar-refractivity contribution in [2.45, 2.75) is 71.8 Å². The van der Waals surface area contributed by atoms with Crippen molar-refractivity contribution in [2.24, 2.45) is 5.41 Å². The van der Waals surface area contributed by atoms with Gasteiger partial charge in [0.1, 0.15) is 0 Å². The smallest absolute Gasteiger partial charge is 0.0540 e. The third-order valence-corrected chi connectivity index (χ3v) is 2.96. The van der Waals surface area contributed by atoms with Gasteiger partial charge >= 0.3 is 0 Å². The summed E-state index contributed by atoms with van der Waals surface area (Å²) < 4.78 is 0. The van der Waals surface area contributed by atoms with Crippen LogP contribution in [0.1, 0.15) is 65.7 Å². The quantitative estimate of drug-likeness (QED) is 0.581. The molecule has 2 heteroatoms. The van der Waals surface area contributed by atoms with Crippen LogP contribution in [0, 0.1) is 5.41 Å². The minimum absolute atomic E-state index is 0.0500. The number of aliphatic hydroxyl groups is 2. The highest BCUT2D eigenvalue weighted by Gasteiger charge is 2.15. The van der Waals surface area contributed by atoms with E-state index in [0.29, 0.717) is 0 Å². The topological polar surface area (TPSA) is 40.5 Å². The lowest BCUT2D eigenvalue weighted by Crippen LogP contribution is -2.16. The van der Waals surface area contributed by atoms with Gasteiger partial charge in [-0.25, -0.2) is 0 Å². The maximum absolute atomic E-state index is 9.62. The molecule has 0 spiro atoms. The van der Waals surface area contributed by atoms with Gasteiger partial charge in [-0.1, -0.05) is 46.5 Å². The lowest BCUT2D eigenvalue weighted by atomic mass is 9.87. The minimum Gasteiger partial charge on any atom is -0.396 e. The summed E-state index contributed by atoms with van der Waals surface area (Å²) in [6, 6.07) is 0. The van der Waals surface area contributed by atoms with Crippen LogP contribution < -0.4 is 0 Å². The van der Waals surface area contributed by atoms with Gasteiger partial charge in [0.15, 0.2) is 0 Å². The van der Waals surface area contributed by atoms with E-state index < -0.39 is 0 Å². The normalized spacial score (nSPS) is 14.2. The first kappa shape index (κ1) is 14.9. The number of hydrogen-bond acceptors (Lipinski definition) is 2. The summed E-state index contributed by atoms with van der Waals surface area (Å²) in [6.45, 7) is 6.57. The predicted octanol–water partition coefficient (Wildman–Crippen LogP) is 3.12. The van der Waals surface area contributed by atoms with Crippen molar-refractivity contribution in [1.82, 2.24) is 0 Å². The summed E-state index contributed by atoms with van der Waals surface area (Å²) >= 11 is 0. The van der Waals surface area contributed by atoms with Crippen molar-refractivity contribution in [3.05, 3.63) is 0 Å². The monoisotopic (exact) mass is 216 g/mol. The molecule has 92 valence electrons. The zero-order valence-electron chi connectivity index (χ0n) is 10.6. The Hall–Kier alpha value is -0.0800. The van der Waals surface area contributed by atoms with Gasteiger partial charge in [0.25, 0.3) is 0 Å². The van der Waals surface area contributed by atoms with Gasteiger partial charge in [-0.05, 0) is 24.7 Å². The number of unbranched alkanes of at least 4 members (excludes halogenated alkanes) is 2. The number of hydrogen-bond donors (Lipinski definition) is 2. The molecular weight excluding hydrogens is 188 g/mol. The van der Waals surface area contributed by atoms with Crippen LogP contribution in [0.5, 0.6) is 0 Å². The molecule has 0 amide bonds. The largest absolute Gasteiger partial charge is 0.396 e. The summed E-state index contributed by atoms with van der Waals surface area (Å²) in [5.41, 5.74) is 0.0500. The fourth-order valence-corrected chi connectivity index (χ4v) is 1.65. The summed E-state index contributed by atoms with van der Waals surface area (Å²) in [4.78, 5) is 0. The van der Waals surface area contributed by atoms with Crippen molar-refractivity contribution in [2.75, 3.05) is 6.61 Å². The van der Waals surface area contributed by atoms with Crippen LogP contribution >= 0.6 is 0 Å². The Morgan fingerprint density at radius 3 is 2.20 bits per heavy atom. The lowest BCUT2D eigenvalue weighted by molar-refractivity contribution is 0.132. The third-order valence-electron chi connectivity index (χ3n) is 2.96. The molecule has 0 aliphatic carbocycles. The van der Waals surface area contributed by atoms with Crippen LogP contribution in [0.2, 0.25) is 0 Å². The fourth-order valence-electron chi connectivity index (χ4n) is 1.65. The first-order valence-corrected chi connectivity index (χ1v) is 6.31. The molecule has 2 N–H and O–H groups in total. The first-order chi connectivity index (χ1) is 7.02. The van der Waals surface area contributed by atoms with Gasteiger partial charge in [0.05, 0.1) is 6.10 Å². The summed E-state index contributed by atoms with van der Waals surface area (Å²) in [5.74, 6) is 0. The molecule has 0 radical (unpaired) electrons. The van der Waals surface area contributed by atoms with Crippen LogP contribution in [0.25, 0.3) is 0 Å². The Balaban J connectivity index is 3.37. The fraction of sp³-hybridized carbons (Fsp3) is 1.00. The molecule has 15 heavy (non-hydrogen) atoms. The molecule has 1 atom stereocenters. The summed E-state index contributed by atoms with van der Waals surface area (Å²) in [7, 11) is 0. The van der Waals surface area contributed by atoms with E-state index in [0.717, 1.165) is 44.9 Å². The SMILES string of the molecule is CCCCC(O)CCCCC(C)(C)CO. The van der Waals surface area contributed by atoms with E-state index >= 15 is 0 Å². The van der Waals surface area contributed by atoms with E-state index in [4.69, 9.17) is 5.11 Å². The van der Waals surface area contributed by atoms with Crippen LogP contribution in [0.15, 0.2) is 0 Å². The maximum Gasteiger partial charge on any atom is 0.0540 e. The second kappa shape index (κ2) is 8.12. The lowest BCUT2D eigenvalue weighted by Gasteiger charge is -2.21. The second-order valence-corrected chi connectivity index (χ2v) is 5.36. The zero-order chi connectivity index (χ0) is 11.7. The second-order valence-electron chi connectivity index (χ2n) is 5.36. The molecule has 0 aromatic rings. The van der Waals surface area contributed by atoms with Crippen molar-refractivity contribution in [3.63, 3.8) is 0 Å². The molecule has 0 aliphatic heterocycles. The summed E-state index contributed by atoms with van der Waals surface area (Å²) in [6.07, 6.45) is 7.27. The van der Waals surface area contributed by atoms with Crippen LogP contribution in [-0.2, 0) is 0 Å². The Bertz CT molecular complexity index is 143. The van der Waals surface area contributed by atoms with Gasteiger partial charge in [0.2, 0.25) is 0 Å². The molecule has 1 unspecified atom stereocenters. The van der Waals surface area contributed by atoms with Gasteiger partial charge in [-0.2, -0.15) is 0 Å².